The molecule has 0 radical (unpaired) electrons. The number of fused-ring (bicyclic) bond motifs is 3. The molecule has 0 amide bonds. The number of rotatable bonds is 1. The van der Waals surface area contributed by atoms with E-state index in [1.165, 1.54) is 33.2 Å². The SMILES string of the molecule is [C-]#[N+]Cc1cc2c3c([n+](C)ccc3c1)-c1c(c(C)c3ccc(C)cc3c1C)O2. The van der Waals surface area contributed by atoms with Crippen molar-refractivity contribution in [2.75, 3.05) is 0 Å². The third-order valence-corrected chi connectivity index (χ3v) is 5.90. The van der Waals surface area contributed by atoms with Crippen molar-refractivity contribution in [2.45, 2.75) is 27.3 Å². The van der Waals surface area contributed by atoms with Crippen molar-refractivity contribution in [3.63, 3.8) is 0 Å². The lowest BCUT2D eigenvalue weighted by Gasteiger charge is -2.24. The van der Waals surface area contributed by atoms with Crippen LogP contribution in [0.3, 0.4) is 0 Å². The summed E-state index contributed by atoms with van der Waals surface area (Å²) in [6.45, 7) is 14.1. The summed E-state index contributed by atoms with van der Waals surface area (Å²) in [7, 11) is 2.09. The molecule has 0 aliphatic carbocycles. The maximum atomic E-state index is 7.23. The first-order valence-electron chi connectivity index (χ1n) is 9.50. The summed E-state index contributed by atoms with van der Waals surface area (Å²) >= 11 is 0. The Labute approximate surface area is 164 Å². The second-order valence-corrected chi connectivity index (χ2v) is 7.75. The molecule has 28 heavy (non-hydrogen) atoms. The zero-order chi connectivity index (χ0) is 19.6. The average molecular weight is 365 g/mol. The number of nitrogens with zero attached hydrogens (tertiary/aromatic N) is 2. The first kappa shape index (κ1) is 16.8. The summed E-state index contributed by atoms with van der Waals surface area (Å²) in [6, 6.07) is 12.9. The molecule has 0 saturated carbocycles. The molecule has 3 aromatic carbocycles. The van der Waals surface area contributed by atoms with Gasteiger partial charge in [0.05, 0.1) is 10.9 Å². The van der Waals surface area contributed by atoms with E-state index >= 15 is 0 Å². The predicted octanol–water partition coefficient (Wildman–Crippen LogP) is 5.93. The monoisotopic (exact) mass is 365 g/mol. The number of ether oxygens (including phenoxy) is 1. The quantitative estimate of drug-likeness (QED) is 0.266. The van der Waals surface area contributed by atoms with Gasteiger partial charge in [0.1, 0.15) is 18.5 Å². The largest absolute Gasteiger partial charge is 0.455 e. The molecule has 1 aromatic heterocycles. The van der Waals surface area contributed by atoms with Crippen LogP contribution in [0.15, 0.2) is 42.6 Å². The molecule has 0 saturated heterocycles. The van der Waals surface area contributed by atoms with Gasteiger partial charge in [-0.25, -0.2) is 11.1 Å². The zero-order valence-corrected chi connectivity index (χ0v) is 16.6. The molecule has 136 valence electrons. The molecule has 0 spiro atoms. The van der Waals surface area contributed by atoms with Crippen LogP contribution in [0, 0.1) is 27.3 Å². The lowest BCUT2D eigenvalue weighted by Crippen LogP contribution is -2.32. The van der Waals surface area contributed by atoms with Gasteiger partial charge in [0.2, 0.25) is 12.2 Å². The van der Waals surface area contributed by atoms with Crippen molar-refractivity contribution in [3.05, 3.63) is 76.3 Å². The molecule has 1 aliphatic heterocycles. The Kier molecular flexibility index (Phi) is 3.48. The van der Waals surface area contributed by atoms with Gasteiger partial charge in [0.25, 0.3) is 0 Å². The Morgan fingerprint density at radius 1 is 1.00 bits per heavy atom. The molecule has 0 N–H and O–H groups in total. The van der Waals surface area contributed by atoms with Crippen LogP contribution in [0.25, 0.3) is 37.6 Å². The van der Waals surface area contributed by atoms with Crippen molar-refractivity contribution in [1.29, 1.82) is 0 Å². The van der Waals surface area contributed by atoms with Crippen LogP contribution in [-0.2, 0) is 13.6 Å². The Morgan fingerprint density at radius 3 is 2.61 bits per heavy atom. The highest BCUT2D eigenvalue weighted by Crippen LogP contribution is 2.50. The van der Waals surface area contributed by atoms with Crippen molar-refractivity contribution in [3.8, 4) is 22.8 Å². The van der Waals surface area contributed by atoms with E-state index in [0.29, 0.717) is 6.54 Å². The van der Waals surface area contributed by atoms with E-state index in [0.717, 1.165) is 33.4 Å². The van der Waals surface area contributed by atoms with E-state index in [-0.39, 0.29) is 0 Å². The highest BCUT2D eigenvalue weighted by Gasteiger charge is 2.32. The second kappa shape index (κ2) is 5.81. The van der Waals surface area contributed by atoms with Crippen molar-refractivity contribution in [2.24, 2.45) is 7.05 Å². The minimum absolute atomic E-state index is 0.366. The van der Waals surface area contributed by atoms with Crippen LogP contribution >= 0.6 is 0 Å². The highest BCUT2D eigenvalue weighted by molar-refractivity contribution is 6.06. The van der Waals surface area contributed by atoms with Gasteiger partial charge in [0, 0.05) is 17.2 Å². The molecule has 3 heteroatoms. The topological polar surface area (TPSA) is 17.5 Å². The van der Waals surface area contributed by atoms with Gasteiger partial charge in [-0.05, 0) is 54.6 Å². The molecule has 0 unspecified atom stereocenters. The molecule has 3 nitrogen and oxygen atoms in total. The first-order chi connectivity index (χ1) is 13.5. The summed E-state index contributed by atoms with van der Waals surface area (Å²) < 4.78 is 8.72. The van der Waals surface area contributed by atoms with E-state index in [2.05, 4.69) is 73.8 Å². The molecule has 0 fully saturated rings. The van der Waals surface area contributed by atoms with Crippen molar-refractivity contribution >= 4 is 21.5 Å². The molecule has 0 atom stereocenters. The summed E-state index contributed by atoms with van der Waals surface area (Å²) in [5.41, 5.74) is 7.03. The van der Waals surface area contributed by atoms with Gasteiger partial charge >= 0.3 is 0 Å². The highest BCUT2D eigenvalue weighted by atomic mass is 16.5. The number of benzene rings is 3. The molecule has 2 heterocycles. The van der Waals surface area contributed by atoms with E-state index in [1.807, 2.05) is 6.07 Å². The minimum atomic E-state index is 0.366. The van der Waals surface area contributed by atoms with E-state index in [4.69, 9.17) is 11.3 Å². The molecule has 1 aliphatic rings. The Hall–Kier alpha value is -3.38. The van der Waals surface area contributed by atoms with Crippen molar-refractivity contribution in [1.82, 2.24) is 0 Å². The van der Waals surface area contributed by atoms with E-state index in [9.17, 15) is 0 Å². The molecule has 5 rings (SSSR count). The summed E-state index contributed by atoms with van der Waals surface area (Å²) in [6.07, 6.45) is 2.10. The smallest absolute Gasteiger partial charge is 0.239 e. The molecular weight excluding hydrogens is 344 g/mol. The second-order valence-electron chi connectivity index (χ2n) is 7.75. The number of hydrogen-bond acceptors (Lipinski definition) is 1. The fraction of sp³-hybridized carbons (Fsp3) is 0.200. The van der Waals surface area contributed by atoms with Crippen LogP contribution in [0.2, 0.25) is 0 Å². The summed E-state index contributed by atoms with van der Waals surface area (Å²) in [5, 5.41) is 4.76. The van der Waals surface area contributed by atoms with Gasteiger partial charge in [-0.2, -0.15) is 0 Å². The third kappa shape index (κ3) is 2.18. The van der Waals surface area contributed by atoms with E-state index in [1.54, 1.807) is 0 Å². The maximum absolute atomic E-state index is 7.23. The Balaban J connectivity index is 1.96. The van der Waals surface area contributed by atoms with Crippen LogP contribution < -0.4 is 9.30 Å². The third-order valence-electron chi connectivity index (χ3n) is 5.90. The first-order valence-corrected chi connectivity index (χ1v) is 9.50. The van der Waals surface area contributed by atoms with Gasteiger partial charge in [-0.15, -0.1) is 0 Å². The molecule has 0 bridgehead atoms. The standard InChI is InChI=1S/C25H21N2O/c1-14-6-7-19-16(3)25-22(15(2)20(19)10-14)24-23-18(8-9-27(24)5)11-17(13-26-4)12-21(23)28-25/h6-12H,13H2,1-3,5H3/q+1. The van der Waals surface area contributed by atoms with Crippen LogP contribution in [0.5, 0.6) is 11.5 Å². The lowest BCUT2D eigenvalue weighted by molar-refractivity contribution is -0.659. The average Bonchev–Trinajstić information content (AvgIpc) is 2.68. The number of hydrogen-bond donors (Lipinski definition) is 0. The fourth-order valence-electron chi connectivity index (χ4n) is 4.52. The predicted molar refractivity (Wildman–Crippen MR) is 113 cm³/mol. The maximum Gasteiger partial charge on any atom is 0.239 e. The zero-order valence-electron chi connectivity index (χ0n) is 16.6. The fourth-order valence-corrected chi connectivity index (χ4v) is 4.52. The Bertz CT molecular complexity index is 1360. The van der Waals surface area contributed by atoms with Gasteiger partial charge < -0.3 is 9.58 Å². The van der Waals surface area contributed by atoms with Crippen LogP contribution in [0.4, 0.5) is 0 Å². The minimum Gasteiger partial charge on any atom is -0.455 e. The van der Waals surface area contributed by atoms with Gasteiger partial charge in [-0.1, -0.05) is 23.8 Å². The van der Waals surface area contributed by atoms with Crippen molar-refractivity contribution < 1.29 is 9.30 Å². The summed E-state index contributed by atoms with van der Waals surface area (Å²) in [4.78, 5) is 3.56. The van der Waals surface area contributed by atoms with Gasteiger partial charge in [0.15, 0.2) is 6.20 Å². The lowest BCUT2D eigenvalue weighted by atomic mass is 9.88. The Morgan fingerprint density at radius 2 is 1.82 bits per heavy atom. The number of pyridine rings is 1. The van der Waals surface area contributed by atoms with Gasteiger partial charge in [-0.3, -0.25) is 0 Å². The molecular formula is C25H21N2O+. The van der Waals surface area contributed by atoms with Crippen LogP contribution in [0.1, 0.15) is 22.3 Å². The number of aryl methyl sites for hydroxylation is 4. The number of aromatic nitrogens is 1. The molecule has 4 aromatic rings. The summed E-state index contributed by atoms with van der Waals surface area (Å²) in [5.74, 6) is 1.79. The normalized spacial score (nSPS) is 12.0. The van der Waals surface area contributed by atoms with E-state index < -0.39 is 0 Å². The van der Waals surface area contributed by atoms with Crippen LogP contribution in [-0.4, -0.2) is 0 Å².